The molecule has 0 unspecified atom stereocenters. The number of Topliss-reactive ketones (excluding diaryl/α,β-unsaturated/α-hetero) is 1. The van der Waals surface area contributed by atoms with Gasteiger partial charge in [0.2, 0.25) is 5.91 Å². The summed E-state index contributed by atoms with van der Waals surface area (Å²) in [4.78, 5) is 25.4. The first-order chi connectivity index (χ1) is 14.2. The summed E-state index contributed by atoms with van der Waals surface area (Å²) in [5, 5.41) is 2.83. The lowest BCUT2D eigenvalue weighted by atomic mass is 10.1. The molecule has 5 heteroatoms. The van der Waals surface area contributed by atoms with Crippen LogP contribution in [0.15, 0.2) is 89.8 Å². The van der Waals surface area contributed by atoms with E-state index in [0.29, 0.717) is 22.8 Å². The van der Waals surface area contributed by atoms with Gasteiger partial charge in [-0.15, -0.1) is 11.8 Å². The van der Waals surface area contributed by atoms with Crippen LogP contribution in [-0.2, 0) is 4.79 Å². The summed E-state index contributed by atoms with van der Waals surface area (Å²) < 4.78 is 5.24. The Morgan fingerprint density at radius 2 is 1.62 bits per heavy atom. The van der Waals surface area contributed by atoms with Crippen LogP contribution in [0.1, 0.15) is 15.9 Å². The number of rotatable bonds is 8. The molecule has 0 heterocycles. The lowest BCUT2D eigenvalue weighted by Gasteiger charge is -2.07. The smallest absolute Gasteiger partial charge is 0.248 e. The summed E-state index contributed by atoms with van der Waals surface area (Å²) in [5.41, 5.74) is 2.25. The number of hydrogen-bond acceptors (Lipinski definition) is 4. The number of carbonyl (C=O) groups is 2. The molecule has 3 aromatic carbocycles. The highest BCUT2D eigenvalue weighted by molar-refractivity contribution is 8.00. The second kappa shape index (κ2) is 10.3. The highest BCUT2D eigenvalue weighted by Crippen LogP contribution is 2.24. The average molecular weight is 404 g/mol. The number of thioether (sulfide) groups is 1. The van der Waals surface area contributed by atoms with Crippen LogP contribution in [0, 0.1) is 0 Å². The zero-order valence-corrected chi connectivity index (χ0v) is 16.8. The fourth-order valence-electron chi connectivity index (χ4n) is 2.66. The lowest BCUT2D eigenvalue weighted by Crippen LogP contribution is -2.07. The second-order valence-corrected chi connectivity index (χ2v) is 7.22. The Bertz CT molecular complexity index is 998. The van der Waals surface area contributed by atoms with Gasteiger partial charge in [0.1, 0.15) is 5.75 Å². The highest BCUT2D eigenvalue weighted by Gasteiger charge is 2.11. The number of anilines is 1. The van der Waals surface area contributed by atoms with Gasteiger partial charge in [-0.1, -0.05) is 42.5 Å². The van der Waals surface area contributed by atoms with Crippen molar-refractivity contribution in [3.05, 3.63) is 96.1 Å². The van der Waals surface area contributed by atoms with E-state index in [4.69, 9.17) is 4.74 Å². The minimum Gasteiger partial charge on any atom is -0.496 e. The maximum Gasteiger partial charge on any atom is 0.248 e. The van der Waals surface area contributed by atoms with Crippen molar-refractivity contribution in [2.75, 3.05) is 18.2 Å². The molecule has 0 saturated heterocycles. The summed E-state index contributed by atoms with van der Waals surface area (Å²) in [6, 6.07) is 24.3. The molecular formula is C24H21NO3S. The molecule has 1 N–H and O–H groups in total. The van der Waals surface area contributed by atoms with Crippen molar-refractivity contribution in [3.8, 4) is 5.75 Å². The van der Waals surface area contributed by atoms with E-state index in [1.807, 2.05) is 66.7 Å². The number of hydrogen-bond donors (Lipinski definition) is 1. The van der Waals surface area contributed by atoms with Crippen LogP contribution < -0.4 is 10.1 Å². The van der Waals surface area contributed by atoms with Crippen molar-refractivity contribution in [2.24, 2.45) is 0 Å². The van der Waals surface area contributed by atoms with Crippen molar-refractivity contribution in [3.63, 3.8) is 0 Å². The topological polar surface area (TPSA) is 55.4 Å². The van der Waals surface area contributed by atoms with Gasteiger partial charge in [-0.05, 0) is 48.0 Å². The Kier molecular flexibility index (Phi) is 7.25. The number of amides is 1. The van der Waals surface area contributed by atoms with Crippen molar-refractivity contribution >= 4 is 35.2 Å². The molecular weight excluding hydrogens is 382 g/mol. The maximum absolute atomic E-state index is 12.4. The van der Waals surface area contributed by atoms with E-state index in [1.54, 1.807) is 25.3 Å². The summed E-state index contributed by atoms with van der Waals surface area (Å²) in [6.45, 7) is 0. The number of ether oxygens (including phenoxy) is 1. The fraction of sp³-hybridized carbons (Fsp3) is 0.0833. The minimum absolute atomic E-state index is 0.0101. The SMILES string of the molecule is COc1ccccc1C(=O)CSc1ccc(NC(=O)/C=C/c2ccccc2)cc1. The first-order valence-electron chi connectivity index (χ1n) is 9.09. The molecule has 3 rings (SSSR count). The van der Waals surface area contributed by atoms with Crippen molar-refractivity contribution in [2.45, 2.75) is 4.90 Å². The third-order valence-corrected chi connectivity index (χ3v) is 5.14. The van der Waals surface area contributed by atoms with Crippen LogP contribution in [0.5, 0.6) is 5.75 Å². The molecule has 1 amide bonds. The summed E-state index contributed by atoms with van der Waals surface area (Å²) in [5.74, 6) is 0.711. The Labute approximate surface area is 174 Å². The summed E-state index contributed by atoms with van der Waals surface area (Å²) in [7, 11) is 1.56. The standard InChI is InChI=1S/C24H21NO3S/c1-28-23-10-6-5-9-21(23)22(26)17-29-20-14-12-19(13-15-20)25-24(27)16-11-18-7-3-2-4-8-18/h2-16H,17H2,1H3,(H,25,27)/b16-11+. The Morgan fingerprint density at radius 1 is 0.931 bits per heavy atom. The molecule has 0 fully saturated rings. The minimum atomic E-state index is -0.194. The van der Waals surface area contributed by atoms with E-state index in [9.17, 15) is 9.59 Å². The van der Waals surface area contributed by atoms with E-state index >= 15 is 0 Å². The average Bonchev–Trinajstić information content (AvgIpc) is 2.77. The van der Waals surface area contributed by atoms with Crippen LogP contribution >= 0.6 is 11.8 Å². The fourth-order valence-corrected chi connectivity index (χ4v) is 3.44. The van der Waals surface area contributed by atoms with E-state index < -0.39 is 0 Å². The number of para-hydroxylation sites is 1. The quantitative estimate of drug-likeness (QED) is 0.314. The van der Waals surface area contributed by atoms with Gasteiger partial charge in [0.05, 0.1) is 18.4 Å². The van der Waals surface area contributed by atoms with Crippen molar-refractivity contribution in [1.82, 2.24) is 0 Å². The molecule has 0 aliphatic carbocycles. The van der Waals surface area contributed by atoms with Gasteiger partial charge in [0.25, 0.3) is 0 Å². The van der Waals surface area contributed by atoms with Gasteiger partial charge in [0.15, 0.2) is 5.78 Å². The number of carbonyl (C=O) groups excluding carboxylic acids is 2. The Hall–Kier alpha value is -3.31. The van der Waals surface area contributed by atoms with Gasteiger partial charge in [-0.25, -0.2) is 0 Å². The zero-order valence-electron chi connectivity index (χ0n) is 16.0. The predicted molar refractivity (Wildman–Crippen MR) is 119 cm³/mol. The monoisotopic (exact) mass is 403 g/mol. The number of benzene rings is 3. The first kappa shape index (κ1) is 20.4. The molecule has 0 atom stereocenters. The van der Waals surface area contributed by atoms with Crippen molar-refractivity contribution in [1.29, 1.82) is 0 Å². The maximum atomic E-state index is 12.4. The molecule has 0 radical (unpaired) electrons. The highest BCUT2D eigenvalue weighted by atomic mass is 32.2. The van der Waals surface area contributed by atoms with Crippen LogP contribution in [0.4, 0.5) is 5.69 Å². The summed E-state index contributed by atoms with van der Waals surface area (Å²) >= 11 is 1.45. The van der Waals surface area contributed by atoms with Gasteiger partial charge in [-0.2, -0.15) is 0 Å². The van der Waals surface area contributed by atoms with Crippen LogP contribution in [0.3, 0.4) is 0 Å². The van der Waals surface area contributed by atoms with E-state index in [0.717, 1.165) is 10.5 Å². The normalized spacial score (nSPS) is 10.7. The van der Waals surface area contributed by atoms with Crippen molar-refractivity contribution < 1.29 is 14.3 Å². The molecule has 3 aromatic rings. The molecule has 146 valence electrons. The molecule has 29 heavy (non-hydrogen) atoms. The number of nitrogens with one attached hydrogen (secondary N) is 1. The molecule has 4 nitrogen and oxygen atoms in total. The molecule has 0 saturated carbocycles. The van der Waals surface area contributed by atoms with Gasteiger partial charge in [0, 0.05) is 16.7 Å². The molecule has 0 aliphatic heterocycles. The Balaban J connectivity index is 1.53. The van der Waals surface area contributed by atoms with Crippen LogP contribution in [-0.4, -0.2) is 24.6 Å². The van der Waals surface area contributed by atoms with Gasteiger partial charge in [-0.3, -0.25) is 9.59 Å². The molecule has 0 spiro atoms. The molecule has 0 bridgehead atoms. The van der Waals surface area contributed by atoms with E-state index in [1.165, 1.54) is 17.8 Å². The molecule has 0 aliphatic rings. The Morgan fingerprint density at radius 3 is 2.34 bits per heavy atom. The van der Waals surface area contributed by atoms with Crippen LogP contribution in [0.2, 0.25) is 0 Å². The number of ketones is 1. The van der Waals surface area contributed by atoms with E-state index in [-0.39, 0.29) is 11.7 Å². The largest absolute Gasteiger partial charge is 0.496 e. The molecule has 0 aromatic heterocycles. The van der Waals surface area contributed by atoms with E-state index in [2.05, 4.69) is 5.32 Å². The van der Waals surface area contributed by atoms with Crippen LogP contribution in [0.25, 0.3) is 6.08 Å². The first-order valence-corrected chi connectivity index (χ1v) is 10.1. The predicted octanol–water partition coefficient (Wildman–Crippen LogP) is 5.32. The van der Waals surface area contributed by atoms with Gasteiger partial charge < -0.3 is 10.1 Å². The lowest BCUT2D eigenvalue weighted by molar-refractivity contribution is -0.111. The summed E-state index contributed by atoms with van der Waals surface area (Å²) in [6.07, 6.45) is 3.27. The second-order valence-electron chi connectivity index (χ2n) is 6.17. The third-order valence-electron chi connectivity index (χ3n) is 4.13. The zero-order chi connectivity index (χ0) is 20.5. The number of methoxy groups -OCH3 is 1. The van der Waals surface area contributed by atoms with Gasteiger partial charge >= 0.3 is 0 Å². The third kappa shape index (κ3) is 6.09.